The largest absolute Gasteiger partial charge is 0.375 e. The zero-order chi connectivity index (χ0) is 11.0. The van der Waals surface area contributed by atoms with Gasteiger partial charge in [0.15, 0.2) is 0 Å². The summed E-state index contributed by atoms with van der Waals surface area (Å²) in [5, 5.41) is 0. The van der Waals surface area contributed by atoms with Gasteiger partial charge in [0.05, 0.1) is 12.7 Å². The van der Waals surface area contributed by atoms with Crippen molar-refractivity contribution >= 4 is 0 Å². The molecule has 0 spiro atoms. The first kappa shape index (κ1) is 11.0. The lowest BCUT2D eigenvalue weighted by atomic mass is 9.96. The molecule has 3 heteroatoms. The Hall–Kier alpha value is -0.120. The number of ether oxygens (including phenoxy) is 1. The molecule has 1 aliphatic heterocycles. The predicted molar refractivity (Wildman–Crippen MR) is 64.3 cm³/mol. The number of nitrogens with zero attached hydrogens (tertiary/aromatic N) is 1. The number of morpholine rings is 1. The van der Waals surface area contributed by atoms with Crippen LogP contribution in [0.15, 0.2) is 0 Å². The predicted octanol–water partition coefficient (Wildman–Crippen LogP) is 1.51. The molecule has 0 aromatic carbocycles. The maximum atomic E-state index is 6.49. The van der Waals surface area contributed by atoms with E-state index >= 15 is 0 Å². The molecule has 3 rings (SSSR count). The summed E-state index contributed by atoms with van der Waals surface area (Å²) >= 11 is 0. The van der Waals surface area contributed by atoms with Crippen LogP contribution < -0.4 is 5.73 Å². The van der Waals surface area contributed by atoms with E-state index in [0.29, 0.717) is 12.1 Å². The number of rotatable bonds is 2. The van der Waals surface area contributed by atoms with E-state index < -0.39 is 0 Å². The summed E-state index contributed by atoms with van der Waals surface area (Å²) in [6.07, 6.45) is 9.54. The highest BCUT2D eigenvalue weighted by Crippen LogP contribution is 2.33. The highest BCUT2D eigenvalue weighted by molar-refractivity contribution is 4.97. The Morgan fingerprint density at radius 2 is 2.00 bits per heavy atom. The Morgan fingerprint density at radius 1 is 1.19 bits per heavy atom. The van der Waals surface area contributed by atoms with Gasteiger partial charge in [0.25, 0.3) is 0 Å². The van der Waals surface area contributed by atoms with E-state index in [2.05, 4.69) is 4.90 Å². The van der Waals surface area contributed by atoms with Gasteiger partial charge in [0, 0.05) is 24.7 Å². The Labute approximate surface area is 98.3 Å². The molecule has 2 saturated carbocycles. The van der Waals surface area contributed by atoms with E-state index in [-0.39, 0.29) is 5.54 Å². The lowest BCUT2D eigenvalue weighted by Crippen LogP contribution is -2.56. The van der Waals surface area contributed by atoms with E-state index in [9.17, 15) is 0 Å². The summed E-state index contributed by atoms with van der Waals surface area (Å²) in [5.74, 6) is 0. The van der Waals surface area contributed by atoms with Crippen LogP contribution in [0.2, 0.25) is 0 Å². The van der Waals surface area contributed by atoms with Gasteiger partial charge in [0.1, 0.15) is 0 Å². The van der Waals surface area contributed by atoms with Crippen LogP contribution in [0, 0.1) is 0 Å². The van der Waals surface area contributed by atoms with Crippen molar-refractivity contribution in [3.05, 3.63) is 0 Å². The third kappa shape index (κ3) is 2.01. The molecule has 1 saturated heterocycles. The number of fused-ring (bicyclic) bond motifs is 1. The minimum absolute atomic E-state index is 0.116. The minimum Gasteiger partial charge on any atom is -0.375 e. The van der Waals surface area contributed by atoms with Crippen LogP contribution in [-0.2, 0) is 4.74 Å². The van der Waals surface area contributed by atoms with Gasteiger partial charge in [-0.15, -0.1) is 0 Å². The fraction of sp³-hybridized carbons (Fsp3) is 1.00. The summed E-state index contributed by atoms with van der Waals surface area (Å²) in [4.78, 5) is 2.63. The van der Waals surface area contributed by atoms with Gasteiger partial charge in [-0.1, -0.05) is 12.8 Å². The smallest absolute Gasteiger partial charge is 0.0730 e. The van der Waals surface area contributed by atoms with E-state index in [1.807, 2.05) is 0 Å². The number of nitrogens with two attached hydrogens (primary N) is 1. The first-order chi connectivity index (χ1) is 7.77. The van der Waals surface area contributed by atoms with Gasteiger partial charge < -0.3 is 10.5 Å². The zero-order valence-corrected chi connectivity index (χ0v) is 10.2. The maximum Gasteiger partial charge on any atom is 0.0730 e. The molecule has 0 bridgehead atoms. The van der Waals surface area contributed by atoms with Crippen LogP contribution in [0.1, 0.15) is 44.9 Å². The van der Waals surface area contributed by atoms with Crippen LogP contribution in [0.25, 0.3) is 0 Å². The van der Waals surface area contributed by atoms with Crippen molar-refractivity contribution in [2.45, 2.75) is 62.6 Å². The average Bonchev–Trinajstić information content (AvgIpc) is 2.87. The van der Waals surface area contributed by atoms with Gasteiger partial charge in [-0.05, 0) is 32.1 Å². The first-order valence-electron chi connectivity index (χ1n) is 6.91. The monoisotopic (exact) mass is 224 g/mol. The fourth-order valence-electron chi connectivity index (χ4n) is 3.84. The molecular weight excluding hydrogens is 200 g/mol. The fourth-order valence-corrected chi connectivity index (χ4v) is 3.84. The van der Waals surface area contributed by atoms with E-state index in [4.69, 9.17) is 10.5 Å². The number of hydrogen-bond donors (Lipinski definition) is 1. The molecule has 1 heterocycles. The second-order valence-electron chi connectivity index (χ2n) is 5.95. The lowest BCUT2D eigenvalue weighted by molar-refractivity contribution is -0.0617. The van der Waals surface area contributed by atoms with E-state index in [0.717, 1.165) is 19.7 Å². The van der Waals surface area contributed by atoms with Gasteiger partial charge in [0.2, 0.25) is 0 Å². The van der Waals surface area contributed by atoms with Crippen molar-refractivity contribution < 1.29 is 4.74 Å². The zero-order valence-electron chi connectivity index (χ0n) is 10.2. The minimum atomic E-state index is 0.116. The Kier molecular flexibility index (Phi) is 2.94. The van der Waals surface area contributed by atoms with Gasteiger partial charge in [-0.3, -0.25) is 4.90 Å². The van der Waals surface area contributed by atoms with Crippen LogP contribution in [0.5, 0.6) is 0 Å². The van der Waals surface area contributed by atoms with Crippen LogP contribution in [-0.4, -0.2) is 42.3 Å². The van der Waals surface area contributed by atoms with Crippen LogP contribution in [0.4, 0.5) is 0 Å². The molecule has 3 nitrogen and oxygen atoms in total. The van der Waals surface area contributed by atoms with Gasteiger partial charge in [-0.25, -0.2) is 0 Å². The molecule has 2 aliphatic carbocycles. The quantitative estimate of drug-likeness (QED) is 0.772. The standard InChI is InChI=1S/C13H24N2O/c14-13(6-1-2-7-13)10-15-8-9-16-12-5-3-4-11(12)15/h11-12H,1-10,14H2. The summed E-state index contributed by atoms with van der Waals surface area (Å²) in [5.41, 5.74) is 6.61. The summed E-state index contributed by atoms with van der Waals surface area (Å²) in [6.45, 7) is 3.12. The molecule has 2 unspecified atom stereocenters. The second-order valence-corrected chi connectivity index (χ2v) is 5.95. The molecule has 0 aromatic rings. The molecule has 3 aliphatic rings. The van der Waals surface area contributed by atoms with Crippen molar-refractivity contribution in [1.29, 1.82) is 0 Å². The SMILES string of the molecule is NC1(CN2CCOC3CCCC32)CCCC1. The van der Waals surface area contributed by atoms with E-state index in [1.165, 1.54) is 44.9 Å². The molecule has 92 valence electrons. The molecular formula is C13H24N2O. The second kappa shape index (κ2) is 4.28. The summed E-state index contributed by atoms with van der Waals surface area (Å²) in [7, 11) is 0. The van der Waals surface area contributed by atoms with Crippen molar-refractivity contribution in [3.63, 3.8) is 0 Å². The van der Waals surface area contributed by atoms with Crippen molar-refractivity contribution in [2.24, 2.45) is 5.73 Å². The molecule has 2 N–H and O–H groups in total. The molecule has 0 amide bonds. The lowest BCUT2D eigenvalue weighted by Gasteiger charge is -2.41. The Balaban J connectivity index is 1.64. The number of hydrogen-bond acceptors (Lipinski definition) is 3. The van der Waals surface area contributed by atoms with Crippen LogP contribution >= 0.6 is 0 Å². The van der Waals surface area contributed by atoms with E-state index in [1.54, 1.807) is 0 Å². The summed E-state index contributed by atoms with van der Waals surface area (Å²) in [6, 6.07) is 0.676. The molecule has 16 heavy (non-hydrogen) atoms. The van der Waals surface area contributed by atoms with Crippen molar-refractivity contribution in [1.82, 2.24) is 4.90 Å². The topological polar surface area (TPSA) is 38.5 Å². The molecule has 3 fully saturated rings. The van der Waals surface area contributed by atoms with Crippen molar-refractivity contribution in [2.75, 3.05) is 19.7 Å². The van der Waals surface area contributed by atoms with Crippen LogP contribution in [0.3, 0.4) is 0 Å². The maximum absolute atomic E-state index is 6.49. The molecule has 2 atom stereocenters. The highest BCUT2D eigenvalue weighted by Gasteiger charge is 2.40. The third-order valence-electron chi connectivity index (χ3n) is 4.71. The average molecular weight is 224 g/mol. The first-order valence-corrected chi connectivity index (χ1v) is 6.91. The summed E-state index contributed by atoms with van der Waals surface area (Å²) < 4.78 is 5.85. The molecule has 0 aromatic heterocycles. The Bertz CT molecular complexity index is 250. The van der Waals surface area contributed by atoms with Gasteiger partial charge in [-0.2, -0.15) is 0 Å². The normalized spacial score (nSPS) is 38.8. The van der Waals surface area contributed by atoms with Gasteiger partial charge >= 0.3 is 0 Å². The third-order valence-corrected chi connectivity index (χ3v) is 4.71. The molecule has 0 radical (unpaired) electrons. The Morgan fingerprint density at radius 3 is 2.81 bits per heavy atom. The highest BCUT2D eigenvalue weighted by atomic mass is 16.5. The van der Waals surface area contributed by atoms with Crippen molar-refractivity contribution in [3.8, 4) is 0 Å².